The van der Waals surface area contributed by atoms with Crippen LogP contribution >= 0.6 is 0 Å². The molecule has 6 nitrogen and oxygen atoms in total. The molecule has 0 spiro atoms. The number of ether oxygens (including phenoxy) is 1. The quantitative estimate of drug-likeness (QED) is 0.723. The SMILES string of the molecule is Fc1ccc(-n2nccc2CNC[C@H]2CCO[C@@H]2c2cn[nH]c2)cc1. The molecule has 0 aliphatic carbocycles. The lowest BCUT2D eigenvalue weighted by molar-refractivity contribution is 0.0904. The molecule has 2 atom stereocenters. The molecular weight excluding hydrogens is 321 g/mol. The highest BCUT2D eigenvalue weighted by Gasteiger charge is 2.29. The topological polar surface area (TPSA) is 67.8 Å². The van der Waals surface area contributed by atoms with Crippen LogP contribution in [0.2, 0.25) is 0 Å². The largest absolute Gasteiger partial charge is 0.373 e. The van der Waals surface area contributed by atoms with E-state index < -0.39 is 0 Å². The number of hydrogen-bond acceptors (Lipinski definition) is 4. The molecule has 2 N–H and O–H groups in total. The fourth-order valence-corrected chi connectivity index (χ4v) is 3.29. The molecule has 0 radical (unpaired) electrons. The third kappa shape index (κ3) is 3.47. The van der Waals surface area contributed by atoms with Crippen LogP contribution in [0.4, 0.5) is 4.39 Å². The molecule has 130 valence electrons. The number of H-pyrrole nitrogens is 1. The van der Waals surface area contributed by atoms with Gasteiger partial charge < -0.3 is 10.1 Å². The zero-order chi connectivity index (χ0) is 17.1. The van der Waals surface area contributed by atoms with Gasteiger partial charge >= 0.3 is 0 Å². The standard InChI is InChI=1S/C18H20FN5O/c19-15-1-3-16(4-2-15)24-17(5-7-23-24)12-20-9-13-6-8-25-18(13)14-10-21-22-11-14/h1-5,7,10-11,13,18,20H,6,8-9,12H2,(H,21,22)/t13-,18+/m1/s1. The molecule has 1 aromatic carbocycles. The number of nitrogens with zero attached hydrogens (tertiary/aromatic N) is 3. The first-order valence-electron chi connectivity index (χ1n) is 8.41. The van der Waals surface area contributed by atoms with Crippen molar-refractivity contribution in [2.24, 2.45) is 5.92 Å². The Bertz CT molecular complexity index is 799. The van der Waals surface area contributed by atoms with Crippen LogP contribution in [0.5, 0.6) is 0 Å². The average molecular weight is 341 g/mol. The zero-order valence-corrected chi connectivity index (χ0v) is 13.7. The predicted octanol–water partition coefficient (Wildman–Crippen LogP) is 2.60. The van der Waals surface area contributed by atoms with Crippen molar-refractivity contribution in [3.63, 3.8) is 0 Å². The minimum Gasteiger partial charge on any atom is -0.373 e. The summed E-state index contributed by atoms with van der Waals surface area (Å²) in [7, 11) is 0. The molecule has 0 saturated carbocycles. The van der Waals surface area contributed by atoms with Crippen LogP contribution in [-0.4, -0.2) is 33.1 Å². The summed E-state index contributed by atoms with van der Waals surface area (Å²) < 4.78 is 20.8. The summed E-state index contributed by atoms with van der Waals surface area (Å²) in [6.45, 7) is 2.31. The number of benzene rings is 1. The van der Waals surface area contributed by atoms with Gasteiger partial charge in [0.05, 0.1) is 23.7 Å². The van der Waals surface area contributed by atoms with Crippen LogP contribution in [0.15, 0.2) is 48.9 Å². The molecule has 4 rings (SSSR count). The fourth-order valence-electron chi connectivity index (χ4n) is 3.29. The van der Waals surface area contributed by atoms with Crippen molar-refractivity contribution in [1.29, 1.82) is 0 Å². The molecule has 2 aromatic heterocycles. The normalized spacial score (nSPS) is 20.2. The molecule has 1 aliphatic heterocycles. The van der Waals surface area contributed by atoms with E-state index >= 15 is 0 Å². The highest BCUT2D eigenvalue weighted by atomic mass is 19.1. The molecule has 0 unspecified atom stereocenters. The Morgan fingerprint density at radius 3 is 2.96 bits per heavy atom. The number of halogens is 1. The van der Waals surface area contributed by atoms with Gasteiger partial charge in [-0.05, 0) is 36.8 Å². The van der Waals surface area contributed by atoms with Gasteiger partial charge in [0.25, 0.3) is 0 Å². The van der Waals surface area contributed by atoms with Crippen LogP contribution in [0, 0.1) is 11.7 Å². The number of aromatic amines is 1. The Labute approximate surface area is 145 Å². The van der Waals surface area contributed by atoms with Crippen molar-refractivity contribution in [2.75, 3.05) is 13.2 Å². The van der Waals surface area contributed by atoms with E-state index in [1.807, 2.05) is 23.1 Å². The van der Waals surface area contributed by atoms with E-state index in [0.717, 1.165) is 36.5 Å². The van der Waals surface area contributed by atoms with Gasteiger partial charge in [0.2, 0.25) is 0 Å². The van der Waals surface area contributed by atoms with Gasteiger partial charge in [0.1, 0.15) is 5.82 Å². The van der Waals surface area contributed by atoms with Crippen molar-refractivity contribution in [1.82, 2.24) is 25.3 Å². The van der Waals surface area contributed by atoms with E-state index in [9.17, 15) is 4.39 Å². The monoisotopic (exact) mass is 341 g/mol. The zero-order valence-electron chi connectivity index (χ0n) is 13.7. The van der Waals surface area contributed by atoms with Crippen molar-refractivity contribution in [3.8, 4) is 5.69 Å². The molecule has 3 heterocycles. The first-order chi connectivity index (χ1) is 12.3. The summed E-state index contributed by atoms with van der Waals surface area (Å²) in [6.07, 6.45) is 6.60. The Morgan fingerprint density at radius 2 is 2.16 bits per heavy atom. The van der Waals surface area contributed by atoms with Crippen molar-refractivity contribution >= 4 is 0 Å². The summed E-state index contributed by atoms with van der Waals surface area (Å²) in [6, 6.07) is 8.31. The van der Waals surface area contributed by atoms with Gasteiger partial charge in [-0.25, -0.2) is 9.07 Å². The molecule has 7 heteroatoms. The highest BCUT2D eigenvalue weighted by Crippen LogP contribution is 2.33. The van der Waals surface area contributed by atoms with E-state index in [-0.39, 0.29) is 11.9 Å². The second-order valence-electron chi connectivity index (χ2n) is 6.21. The van der Waals surface area contributed by atoms with E-state index in [2.05, 4.69) is 20.6 Å². The van der Waals surface area contributed by atoms with E-state index in [1.54, 1.807) is 18.3 Å². The van der Waals surface area contributed by atoms with Gasteiger partial charge in [-0.2, -0.15) is 10.2 Å². The van der Waals surface area contributed by atoms with E-state index in [1.165, 1.54) is 12.1 Å². The Balaban J connectivity index is 1.38. The smallest absolute Gasteiger partial charge is 0.123 e. The van der Waals surface area contributed by atoms with Crippen LogP contribution in [0.3, 0.4) is 0 Å². The summed E-state index contributed by atoms with van der Waals surface area (Å²) in [5.41, 5.74) is 2.98. The fraction of sp³-hybridized carbons (Fsp3) is 0.333. The first-order valence-corrected chi connectivity index (χ1v) is 8.41. The lowest BCUT2D eigenvalue weighted by Crippen LogP contribution is -2.25. The van der Waals surface area contributed by atoms with Crippen LogP contribution in [0.1, 0.15) is 23.8 Å². The number of rotatable bonds is 6. The molecule has 0 bridgehead atoms. The third-order valence-corrected chi connectivity index (χ3v) is 4.57. The molecule has 25 heavy (non-hydrogen) atoms. The maximum Gasteiger partial charge on any atom is 0.123 e. The first kappa shape index (κ1) is 16.0. The predicted molar refractivity (Wildman–Crippen MR) is 90.6 cm³/mol. The van der Waals surface area contributed by atoms with Crippen molar-refractivity contribution in [3.05, 3.63) is 66.0 Å². The van der Waals surface area contributed by atoms with Crippen LogP contribution in [-0.2, 0) is 11.3 Å². The second kappa shape index (κ2) is 7.16. The Morgan fingerprint density at radius 1 is 1.28 bits per heavy atom. The second-order valence-corrected chi connectivity index (χ2v) is 6.21. The average Bonchev–Trinajstić information content (AvgIpc) is 3.37. The summed E-state index contributed by atoms with van der Waals surface area (Å²) in [5.74, 6) is 0.168. The molecule has 1 aliphatic rings. The van der Waals surface area contributed by atoms with Crippen LogP contribution in [0.25, 0.3) is 5.69 Å². The minimum absolute atomic E-state index is 0.0910. The minimum atomic E-state index is -0.248. The van der Waals surface area contributed by atoms with Gasteiger partial charge in [-0.1, -0.05) is 0 Å². The van der Waals surface area contributed by atoms with Gasteiger partial charge in [-0.3, -0.25) is 5.10 Å². The summed E-state index contributed by atoms with van der Waals surface area (Å²) >= 11 is 0. The Kier molecular flexibility index (Phi) is 4.58. The summed E-state index contributed by atoms with van der Waals surface area (Å²) in [4.78, 5) is 0. The number of hydrogen-bond donors (Lipinski definition) is 2. The lowest BCUT2D eigenvalue weighted by Gasteiger charge is -2.18. The molecule has 1 saturated heterocycles. The van der Waals surface area contributed by atoms with Gasteiger partial charge in [0.15, 0.2) is 0 Å². The summed E-state index contributed by atoms with van der Waals surface area (Å²) in [5, 5.41) is 14.7. The molecule has 1 fully saturated rings. The molecular formula is C18H20FN5O. The number of aromatic nitrogens is 4. The molecule has 3 aromatic rings. The lowest BCUT2D eigenvalue weighted by atomic mass is 9.97. The molecule has 0 amide bonds. The maximum absolute atomic E-state index is 13.1. The van der Waals surface area contributed by atoms with E-state index in [0.29, 0.717) is 12.5 Å². The number of nitrogens with one attached hydrogen (secondary N) is 2. The third-order valence-electron chi connectivity index (χ3n) is 4.57. The van der Waals surface area contributed by atoms with Crippen molar-refractivity contribution < 1.29 is 9.13 Å². The maximum atomic E-state index is 13.1. The van der Waals surface area contributed by atoms with E-state index in [4.69, 9.17) is 4.74 Å². The highest BCUT2D eigenvalue weighted by molar-refractivity contribution is 5.32. The van der Waals surface area contributed by atoms with Gasteiger partial charge in [0, 0.05) is 43.6 Å². The van der Waals surface area contributed by atoms with Gasteiger partial charge in [-0.15, -0.1) is 0 Å². The Hall–Kier alpha value is -2.51. The van der Waals surface area contributed by atoms with Crippen molar-refractivity contribution in [2.45, 2.75) is 19.1 Å². The van der Waals surface area contributed by atoms with Crippen LogP contribution < -0.4 is 5.32 Å².